The van der Waals surface area contributed by atoms with Crippen LogP contribution in [0.15, 0.2) is 0 Å². The molecule has 0 unspecified atom stereocenters. The van der Waals surface area contributed by atoms with Crippen molar-refractivity contribution in [2.75, 3.05) is 21.2 Å². The molecule has 0 spiro atoms. The Labute approximate surface area is 76.4 Å². The van der Waals surface area contributed by atoms with Crippen LogP contribution in [-0.4, -0.2) is 31.8 Å². The molecular weight excluding hydrogens is 237 g/mol. The van der Waals surface area contributed by atoms with Gasteiger partial charge in [0, 0.05) is 0 Å². The topological polar surface area (TPSA) is 38.3 Å². The Morgan fingerprint density at radius 1 is 1.07 bits per heavy atom. The molecule has 0 fully saturated rings. The van der Waals surface area contributed by atoms with Crippen LogP contribution in [0.2, 0.25) is 0 Å². The van der Waals surface area contributed by atoms with Gasteiger partial charge in [-0.25, -0.2) is 4.58 Å². The van der Waals surface area contributed by atoms with Crippen molar-refractivity contribution < 1.29 is 34.5 Å². The van der Waals surface area contributed by atoms with Crippen molar-refractivity contribution in [3.8, 4) is 0 Å². The van der Waals surface area contributed by atoms with E-state index in [-0.39, 0.29) is 0 Å². The van der Waals surface area contributed by atoms with Gasteiger partial charge in [0.2, 0.25) is 0 Å². The number of hydrogen-bond donors (Lipinski definition) is 1. The van der Waals surface area contributed by atoms with E-state index in [1.807, 2.05) is 14.1 Å². The normalized spacial score (nSPS) is 15.5. The summed E-state index contributed by atoms with van der Waals surface area (Å²) in [4.78, 5) is 0. The van der Waals surface area contributed by atoms with Crippen molar-refractivity contribution in [1.29, 1.82) is 0 Å². The van der Waals surface area contributed by atoms with E-state index in [1.54, 1.807) is 4.58 Å². The van der Waals surface area contributed by atoms with Crippen LogP contribution in [0.25, 0.3) is 0 Å². The zero-order chi connectivity index (χ0) is 12.3. The van der Waals surface area contributed by atoms with Gasteiger partial charge in [0.15, 0.2) is 0 Å². The molecule has 0 aromatic rings. The molecule has 0 aliphatic heterocycles. The van der Waals surface area contributed by atoms with Crippen molar-refractivity contribution in [3.63, 3.8) is 0 Å². The fourth-order valence-electron chi connectivity index (χ4n) is 0.183. The first-order valence-electron chi connectivity index (χ1n) is 3.03. The molecule has 10 heteroatoms. The fraction of sp³-hybridized carbons (Fsp3) is 0.750. The van der Waals surface area contributed by atoms with Crippen molar-refractivity contribution in [3.05, 3.63) is 0 Å². The van der Waals surface area contributed by atoms with Crippen molar-refractivity contribution in [2.24, 2.45) is 5.73 Å². The first-order valence-corrected chi connectivity index (χ1v) is 5.06. The van der Waals surface area contributed by atoms with Gasteiger partial charge >= 0.3 is 39.0 Å². The molecule has 0 aromatic heterocycles. The molecule has 0 amide bonds. The van der Waals surface area contributed by atoms with E-state index in [2.05, 4.69) is 4.74 Å². The predicted molar refractivity (Wildman–Crippen MR) is 41.9 cm³/mol. The van der Waals surface area contributed by atoms with Crippen LogP contribution in [0.1, 0.15) is 0 Å². The summed E-state index contributed by atoms with van der Waals surface area (Å²) < 4.78 is 65.5. The predicted octanol–water partition coefficient (Wildman–Crippen LogP) is 2.60. The van der Waals surface area contributed by atoms with Crippen LogP contribution in [-0.2, 0) is 4.74 Å². The number of hydrogen-bond acceptors (Lipinski definition) is 1. The van der Waals surface area contributed by atoms with Gasteiger partial charge in [0.05, 0.1) is 21.2 Å². The maximum absolute atomic E-state index is 10.7. The van der Waals surface area contributed by atoms with E-state index in [4.69, 9.17) is 5.73 Å². The number of nitrogens with zero attached hydrogens (tertiary/aromatic N) is 1. The van der Waals surface area contributed by atoms with Crippen LogP contribution in [0.3, 0.4) is 0 Å². The Morgan fingerprint density at radius 2 is 1.29 bits per heavy atom. The standard InChI is InChI=1S/C4H10N2O.F6P/c1-6(2)4(5)7-3;1-7(2,3,4,5)6/h5H,1-3H3;/q;-1/p+1. The van der Waals surface area contributed by atoms with Gasteiger partial charge in [-0.05, 0) is 0 Å². The summed E-state index contributed by atoms with van der Waals surface area (Å²) >= 11 is 0. The Balaban J connectivity index is 0. The number of methoxy groups -OCH3 is 1. The number of amidine groups is 1. The van der Waals surface area contributed by atoms with Gasteiger partial charge in [-0.1, -0.05) is 0 Å². The molecular formula is C4H11F6N2OP. The molecule has 14 heavy (non-hydrogen) atoms. The molecule has 0 aliphatic carbocycles. The molecule has 90 valence electrons. The Bertz CT molecular complexity index is 214. The Hall–Kier alpha value is -0.720. The average Bonchev–Trinajstić information content (AvgIpc) is 1.78. The SMILES string of the molecule is COC(N)=[N+](C)C.F[P-](F)(F)(F)(F)F. The van der Waals surface area contributed by atoms with Gasteiger partial charge in [-0.15, -0.1) is 0 Å². The van der Waals surface area contributed by atoms with Gasteiger partial charge in [0.1, 0.15) is 0 Å². The summed E-state index contributed by atoms with van der Waals surface area (Å²) in [7, 11) is -5.48. The van der Waals surface area contributed by atoms with Gasteiger partial charge < -0.3 is 4.74 Å². The summed E-state index contributed by atoms with van der Waals surface area (Å²) in [6, 6.07) is 0.431. The average molecular weight is 248 g/mol. The van der Waals surface area contributed by atoms with E-state index in [9.17, 15) is 25.2 Å². The molecule has 3 nitrogen and oxygen atoms in total. The van der Waals surface area contributed by atoms with E-state index in [0.717, 1.165) is 0 Å². The minimum atomic E-state index is -10.7. The molecule has 0 saturated heterocycles. The summed E-state index contributed by atoms with van der Waals surface area (Å²) in [5, 5.41) is 0. The first-order chi connectivity index (χ1) is 5.63. The third-order valence-electron chi connectivity index (χ3n) is 0.650. The summed E-state index contributed by atoms with van der Waals surface area (Å²) in [5.74, 6) is 0. The van der Waals surface area contributed by atoms with E-state index < -0.39 is 7.81 Å². The summed E-state index contributed by atoms with van der Waals surface area (Å²) in [5.41, 5.74) is 5.24. The van der Waals surface area contributed by atoms with E-state index >= 15 is 0 Å². The van der Waals surface area contributed by atoms with Gasteiger partial charge in [-0.2, -0.15) is 0 Å². The Kier molecular flexibility index (Phi) is 3.88. The molecule has 0 bridgehead atoms. The molecule has 0 rings (SSSR count). The number of halogens is 6. The van der Waals surface area contributed by atoms with Crippen molar-refractivity contribution in [1.82, 2.24) is 0 Å². The third-order valence-corrected chi connectivity index (χ3v) is 0.650. The molecule has 0 aromatic carbocycles. The molecule has 0 radical (unpaired) electrons. The number of rotatable bonds is 0. The number of ether oxygens (including phenoxy) is 1. The summed E-state index contributed by atoms with van der Waals surface area (Å²) in [6.45, 7) is 0. The van der Waals surface area contributed by atoms with Crippen LogP contribution < -0.4 is 5.73 Å². The Morgan fingerprint density at radius 3 is 1.29 bits per heavy atom. The van der Waals surface area contributed by atoms with Crippen molar-refractivity contribution >= 4 is 13.8 Å². The maximum atomic E-state index is 9.87. The van der Waals surface area contributed by atoms with E-state index in [0.29, 0.717) is 6.02 Å². The van der Waals surface area contributed by atoms with Crippen molar-refractivity contribution in [2.45, 2.75) is 0 Å². The molecule has 0 atom stereocenters. The second kappa shape index (κ2) is 3.45. The third kappa shape index (κ3) is 42.8. The molecule has 0 aliphatic rings. The first kappa shape index (κ1) is 15.7. The second-order valence-electron chi connectivity index (χ2n) is 2.40. The van der Waals surface area contributed by atoms with E-state index in [1.165, 1.54) is 7.11 Å². The van der Waals surface area contributed by atoms with Crippen LogP contribution in [0.5, 0.6) is 0 Å². The zero-order valence-electron chi connectivity index (χ0n) is 7.65. The monoisotopic (exact) mass is 248 g/mol. The molecule has 2 N–H and O–H groups in total. The quantitative estimate of drug-likeness (QED) is 0.235. The van der Waals surface area contributed by atoms with Crippen LogP contribution >= 0.6 is 7.81 Å². The second-order valence-corrected chi connectivity index (χ2v) is 4.31. The molecule has 0 saturated carbocycles. The summed E-state index contributed by atoms with van der Waals surface area (Å²) in [6.07, 6.45) is 0. The van der Waals surface area contributed by atoms with Crippen LogP contribution in [0.4, 0.5) is 25.2 Å². The van der Waals surface area contributed by atoms with Gasteiger partial charge in [0.25, 0.3) is 0 Å². The number of nitrogens with two attached hydrogens (primary N) is 1. The van der Waals surface area contributed by atoms with Gasteiger partial charge in [-0.3, -0.25) is 5.73 Å². The zero-order valence-corrected chi connectivity index (χ0v) is 8.54. The van der Waals surface area contributed by atoms with Crippen LogP contribution in [0, 0.1) is 0 Å². The minimum absolute atomic E-state index is 0.431. The fourth-order valence-corrected chi connectivity index (χ4v) is 0.183. The molecule has 0 heterocycles.